The van der Waals surface area contributed by atoms with Gasteiger partial charge in [0.2, 0.25) is 0 Å². The first-order chi connectivity index (χ1) is 6.63. The number of benzene rings is 1. The molecule has 0 aliphatic heterocycles. The van der Waals surface area contributed by atoms with Crippen LogP contribution in [-0.2, 0) is 11.3 Å². The fourth-order valence-corrected chi connectivity index (χ4v) is 1.02. The molecule has 0 bridgehead atoms. The molecule has 4 nitrogen and oxygen atoms in total. The Morgan fingerprint density at radius 1 is 1.50 bits per heavy atom. The lowest BCUT2D eigenvalue weighted by molar-refractivity contribution is -0.131. The van der Waals surface area contributed by atoms with E-state index in [1.807, 2.05) is 0 Å². The zero-order valence-corrected chi connectivity index (χ0v) is 7.47. The maximum atomic E-state index is 10.2. The summed E-state index contributed by atoms with van der Waals surface area (Å²) in [6.07, 6.45) is 2.30. The number of hydrogen-bond acceptors (Lipinski definition) is 3. The van der Waals surface area contributed by atoms with Crippen LogP contribution in [-0.4, -0.2) is 16.2 Å². The molecular formula is C10H11NO3. The molecule has 0 amide bonds. The molecule has 0 aliphatic rings. The second kappa shape index (κ2) is 4.43. The fraction of sp³-hybridized carbons (Fsp3) is 0.100. The van der Waals surface area contributed by atoms with Crippen molar-refractivity contribution >= 4 is 12.0 Å². The van der Waals surface area contributed by atoms with Crippen molar-refractivity contribution in [3.8, 4) is 5.75 Å². The standard InChI is InChI=1S/C10H11NO3/c11-6-7-1-2-8(9(12)5-7)3-4-10(13)14/h1-5,12H,6,11H2,(H,13,14)/b4-3+. The summed E-state index contributed by atoms with van der Waals surface area (Å²) in [6.45, 7) is 0.344. The Balaban J connectivity index is 2.94. The highest BCUT2D eigenvalue weighted by Gasteiger charge is 1.99. The lowest BCUT2D eigenvalue weighted by atomic mass is 10.1. The summed E-state index contributed by atoms with van der Waals surface area (Å²) in [5.41, 5.74) is 6.63. The number of rotatable bonds is 3. The van der Waals surface area contributed by atoms with E-state index in [2.05, 4.69) is 0 Å². The van der Waals surface area contributed by atoms with Crippen molar-refractivity contribution in [2.75, 3.05) is 0 Å². The van der Waals surface area contributed by atoms with Gasteiger partial charge in [0.05, 0.1) is 0 Å². The van der Waals surface area contributed by atoms with Gasteiger partial charge in [-0.15, -0.1) is 0 Å². The van der Waals surface area contributed by atoms with E-state index in [0.29, 0.717) is 12.1 Å². The summed E-state index contributed by atoms with van der Waals surface area (Å²) in [7, 11) is 0. The summed E-state index contributed by atoms with van der Waals surface area (Å²) in [4.78, 5) is 10.2. The van der Waals surface area contributed by atoms with Crippen LogP contribution in [0.2, 0.25) is 0 Å². The quantitative estimate of drug-likeness (QED) is 0.624. The van der Waals surface area contributed by atoms with Crippen LogP contribution in [0.4, 0.5) is 0 Å². The van der Waals surface area contributed by atoms with Crippen molar-refractivity contribution in [2.24, 2.45) is 5.73 Å². The maximum absolute atomic E-state index is 10.2. The topological polar surface area (TPSA) is 83.6 Å². The molecule has 0 spiro atoms. The van der Waals surface area contributed by atoms with Crippen molar-refractivity contribution in [3.05, 3.63) is 35.4 Å². The predicted octanol–water partition coefficient (Wildman–Crippen LogP) is 0.949. The highest BCUT2D eigenvalue weighted by molar-refractivity contribution is 5.85. The molecule has 0 aromatic heterocycles. The fourth-order valence-electron chi connectivity index (χ4n) is 1.02. The largest absolute Gasteiger partial charge is 0.507 e. The molecule has 14 heavy (non-hydrogen) atoms. The maximum Gasteiger partial charge on any atom is 0.328 e. The number of phenolic OH excluding ortho intramolecular Hbond substituents is 1. The van der Waals surface area contributed by atoms with Gasteiger partial charge in [0, 0.05) is 18.2 Å². The van der Waals surface area contributed by atoms with Crippen LogP contribution in [0, 0.1) is 0 Å². The Bertz CT molecular complexity index is 372. The number of aromatic hydroxyl groups is 1. The first kappa shape index (κ1) is 10.3. The minimum Gasteiger partial charge on any atom is -0.507 e. The number of aliphatic carboxylic acids is 1. The summed E-state index contributed by atoms with van der Waals surface area (Å²) in [6, 6.07) is 4.87. The molecule has 1 aromatic carbocycles. The van der Waals surface area contributed by atoms with Crippen LogP contribution in [0.15, 0.2) is 24.3 Å². The lowest BCUT2D eigenvalue weighted by Crippen LogP contribution is -1.95. The van der Waals surface area contributed by atoms with Gasteiger partial charge in [-0.2, -0.15) is 0 Å². The molecule has 0 atom stereocenters. The minimum absolute atomic E-state index is 0.0328. The Hall–Kier alpha value is -1.81. The smallest absolute Gasteiger partial charge is 0.328 e. The molecule has 0 aliphatic carbocycles. The number of carboxylic acids is 1. The molecule has 0 saturated carbocycles. The molecule has 74 valence electrons. The third kappa shape index (κ3) is 2.60. The number of carbonyl (C=O) groups is 1. The van der Waals surface area contributed by atoms with Crippen molar-refractivity contribution in [1.82, 2.24) is 0 Å². The van der Waals surface area contributed by atoms with Gasteiger partial charge in [0.1, 0.15) is 5.75 Å². The summed E-state index contributed by atoms with van der Waals surface area (Å²) in [5, 5.41) is 17.8. The molecule has 0 unspecified atom stereocenters. The number of carboxylic acid groups (broad SMARTS) is 1. The van der Waals surface area contributed by atoms with Crippen molar-refractivity contribution in [1.29, 1.82) is 0 Å². The molecule has 4 heteroatoms. The van der Waals surface area contributed by atoms with Crippen LogP contribution in [0.5, 0.6) is 5.75 Å². The predicted molar refractivity (Wildman–Crippen MR) is 52.7 cm³/mol. The van der Waals surface area contributed by atoms with Crippen molar-refractivity contribution in [2.45, 2.75) is 6.54 Å². The van der Waals surface area contributed by atoms with E-state index in [1.165, 1.54) is 12.1 Å². The Morgan fingerprint density at radius 2 is 2.21 bits per heavy atom. The Labute approximate surface area is 81.3 Å². The first-order valence-electron chi connectivity index (χ1n) is 4.06. The normalized spacial score (nSPS) is 10.6. The van der Waals surface area contributed by atoms with Gasteiger partial charge in [-0.3, -0.25) is 0 Å². The molecule has 1 aromatic rings. The van der Waals surface area contributed by atoms with Crippen molar-refractivity contribution < 1.29 is 15.0 Å². The van der Waals surface area contributed by atoms with Gasteiger partial charge in [-0.25, -0.2) is 4.79 Å². The average molecular weight is 193 g/mol. The van der Waals surface area contributed by atoms with E-state index in [-0.39, 0.29) is 5.75 Å². The van der Waals surface area contributed by atoms with E-state index < -0.39 is 5.97 Å². The average Bonchev–Trinajstić information content (AvgIpc) is 2.15. The van der Waals surface area contributed by atoms with Gasteiger partial charge in [-0.05, 0) is 17.7 Å². The van der Waals surface area contributed by atoms with Crippen LogP contribution in [0.1, 0.15) is 11.1 Å². The third-order valence-corrected chi connectivity index (χ3v) is 1.74. The lowest BCUT2D eigenvalue weighted by Gasteiger charge is -2.01. The summed E-state index contributed by atoms with van der Waals surface area (Å²) >= 11 is 0. The molecular weight excluding hydrogens is 182 g/mol. The highest BCUT2D eigenvalue weighted by atomic mass is 16.4. The molecule has 1 rings (SSSR count). The Kier molecular flexibility index (Phi) is 3.25. The van der Waals surface area contributed by atoms with Gasteiger partial charge in [-0.1, -0.05) is 12.1 Å². The number of hydrogen-bond donors (Lipinski definition) is 3. The second-order valence-corrected chi connectivity index (χ2v) is 2.77. The molecule has 0 saturated heterocycles. The monoisotopic (exact) mass is 193 g/mol. The zero-order chi connectivity index (χ0) is 10.6. The third-order valence-electron chi connectivity index (χ3n) is 1.74. The van der Waals surface area contributed by atoms with E-state index in [4.69, 9.17) is 10.8 Å². The van der Waals surface area contributed by atoms with Gasteiger partial charge in [0.15, 0.2) is 0 Å². The van der Waals surface area contributed by atoms with Gasteiger partial charge >= 0.3 is 5.97 Å². The van der Waals surface area contributed by atoms with Gasteiger partial charge in [0.25, 0.3) is 0 Å². The highest BCUT2D eigenvalue weighted by Crippen LogP contribution is 2.19. The van der Waals surface area contributed by atoms with Crippen LogP contribution in [0.25, 0.3) is 6.08 Å². The van der Waals surface area contributed by atoms with Gasteiger partial charge < -0.3 is 15.9 Å². The van der Waals surface area contributed by atoms with Crippen molar-refractivity contribution in [3.63, 3.8) is 0 Å². The minimum atomic E-state index is -1.05. The van der Waals surface area contributed by atoms with E-state index in [9.17, 15) is 9.90 Å². The Morgan fingerprint density at radius 3 is 2.71 bits per heavy atom. The van der Waals surface area contributed by atoms with E-state index >= 15 is 0 Å². The first-order valence-corrected chi connectivity index (χ1v) is 4.06. The molecule has 4 N–H and O–H groups in total. The second-order valence-electron chi connectivity index (χ2n) is 2.77. The zero-order valence-electron chi connectivity index (χ0n) is 7.47. The summed E-state index contributed by atoms with van der Waals surface area (Å²) in [5.74, 6) is -1.02. The van der Waals surface area contributed by atoms with E-state index in [0.717, 1.165) is 11.6 Å². The summed E-state index contributed by atoms with van der Waals surface area (Å²) < 4.78 is 0. The molecule has 0 radical (unpaired) electrons. The van der Waals surface area contributed by atoms with E-state index in [1.54, 1.807) is 12.1 Å². The van der Waals surface area contributed by atoms with Crippen LogP contribution < -0.4 is 5.73 Å². The molecule has 0 heterocycles. The van der Waals surface area contributed by atoms with Crippen LogP contribution >= 0.6 is 0 Å². The SMILES string of the molecule is NCc1ccc(/C=C/C(=O)O)c(O)c1. The molecule has 0 fully saturated rings. The number of nitrogens with two attached hydrogens (primary N) is 1. The number of phenols is 1. The van der Waals surface area contributed by atoms with Crippen LogP contribution in [0.3, 0.4) is 0 Å².